The smallest absolute Gasteiger partial charge is 0.334 e. The summed E-state index contributed by atoms with van der Waals surface area (Å²) >= 11 is 0. The molecule has 1 unspecified atom stereocenters. The fourth-order valence-electron chi connectivity index (χ4n) is 4.51. The van der Waals surface area contributed by atoms with Crippen molar-refractivity contribution in [2.24, 2.45) is 0 Å². The molecule has 1 heterocycles. The van der Waals surface area contributed by atoms with Gasteiger partial charge in [0.25, 0.3) is 0 Å². The molecule has 0 amide bonds. The molecule has 38 heavy (non-hydrogen) atoms. The average Bonchev–Trinajstić information content (AvgIpc) is 2.94. The average molecular weight is 544 g/mol. The standard InChI is InChI=1S/C29H41N3O5S/c1-8-10-17-29(9-2)21-32(22-14-12-11-13-15-22)24-19-23(31(6)7)25(20-26(24)38(34,35)30-29)36-18-16-27(33)37-28(3,4)5/h11-16,18-20,30H,8-10,17,21H2,1-7H3/b18-16+. The molecular weight excluding hydrogens is 502 g/mol. The van der Waals surface area contributed by atoms with E-state index < -0.39 is 27.1 Å². The van der Waals surface area contributed by atoms with Gasteiger partial charge in [-0.3, -0.25) is 0 Å². The van der Waals surface area contributed by atoms with Gasteiger partial charge in [0.15, 0.2) is 5.75 Å². The predicted molar refractivity (Wildman–Crippen MR) is 153 cm³/mol. The van der Waals surface area contributed by atoms with Crippen LogP contribution in [0.1, 0.15) is 60.3 Å². The summed E-state index contributed by atoms with van der Waals surface area (Å²) in [6, 6.07) is 13.2. The summed E-state index contributed by atoms with van der Waals surface area (Å²) in [6.07, 6.45) is 5.65. The number of rotatable bonds is 9. The predicted octanol–water partition coefficient (Wildman–Crippen LogP) is 5.76. The number of hydrogen-bond donors (Lipinski definition) is 1. The monoisotopic (exact) mass is 543 g/mol. The van der Waals surface area contributed by atoms with Crippen molar-refractivity contribution in [2.45, 2.75) is 76.3 Å². The SMILES string of the molecule is CCCCC1(CC)CN(c2ccccc2)c2cc(N(C)C)c(O/C=C/C(=O)OC(C)(C)C)cc2S(=O)(=O)N1. The van der Waals surface area contributed by atoms with Gasteiger partial charge in [-0.15, -0.1) is 0 Å². The summed E-state index contributed by atoms with van der Waals surface area (Å²) in [7, 11) is -0.183. The lowest BCUT2D eigenvalue weighted by Crippen LogP contribution is -2.52. The quantitative estimate of drug-likeness (QED) is 0.245. The number of para-hydroxylation sites is 1. The molecule has 1 aliphatic heterocycles. The molecule has 1 N–H and O–H groups in total. The van der Waals surface area contributed by atoms with Gasteiger partial charge < -0.3 is 19.3 Å². The number of anilines is 3. The largest absolute Gasteiger partial charge is 0.462 e. The van der Waals surface area contributed by atoms with Crippen LogP contribution < -0.4 is 19.3 Å². The number of hydrogen-bond acceptors (Lipinski definition) is 7. The van der Waals surface area contributed by atoms with Gasteiger partial charge >= 0.3 is 5.97 Å². The van der Waals surface area contributed by atoms with Crippen LogP contribution in [-0.2, 0) is 19.6 Å². The highest BCUT2D eigenvalue weighted by Gasteiger charge is 2.41. The van der Waals surface area contributed by atoms with E-state index in [-0.39, 0.29) is 4.90 Å². The van der Waals surface area contributed by atoms with Crippen LogP contribution >= 0.6 is 0 Å². The minimum absolute atomic E-state index is 0.124. The molecule has 2 aromatic rings. The number of nitrogens with one attached hydrogen (secondary N) is 1. The van der Waals surface area contributed by atoms with E-state index >= 15 is 0 Å². The molecule has 2 aromatic carbocycles. The van der Waals surface area contributed by atoms with E-state index in [0.29, 0.717) is 30.1 Å². The minimum atomic E-state index is -3.91. The van der Waals surface area contributed by atoms with Crippen molar-refractivity contribution < 1.29 is 22.7 Å². The molecule has 1 aliphatic rings. The van der Waals surface area contributed by atoms with Gasteiger partial charge in [-0.25, -0.2) is 17.9 Å². The van der Waals surface area contributed by atoms with Crippen LogP contribution in [0.4, 0.5) is 17.1 Å². The number of ether oxygens (including phenoxy) is 2. The molecule has 0 fully saturated rings. The second kappa shape index (κ2) is 11.8. The highest BCUT2D eigenvalue weighted by Crippen LogP contribution is 2.44. The normalized spacial score (nSPS) is 19.1. The maximum absolute atomic E-state index is 13.9. The second-order valence-corrected chi connectivity index (χ2v) is 12.6. The Balaban J connectivity index is 2.15. The topological polar surface area (TPSA) is 88.2 Å². The Morgan fingerprint density at radius 3 is 2.42 bits per heavy atom. The van der Waals surface area contributed by atoms with Crippen molar-refractivity contribution in [1.82, 2.24) is 4.72 Å². The molecule has 9 heteroatoms. The zero-order valence-electron chi connectivity index (χ0n) is 23.6. The first-order chi connectivity index (χ1) is 17.8. The third kappa shape index (κ3) is 7.08. The van der Waals surface area contributed by atoms with Crippen molar-refractivity contribution in [3.8, 4) is 5.75 Å². The molecule has 8 nitrogen and oxygen atoms in total. The van der Waals surface area contributed by atoms with Gasteiger partial charge in [0.2, 0.25) is 10.0 Å². The number of fused-ring (bicyclic) bond motifs is 1. The molecule has 0 aliphatic carbocycles. The fourth-order valence-corrected chi connectivity index (χ4v) is 6.21. The Morgan fingerprint density at radius 1 is 1.16 bits per heavy atom. The zero-order valence-corrected chi connectivity index (χ0v) is 24.4. The summed E-state index contributed by atoms with van der Waals surface area (Å²) < 4.78 is 41.9. The van der Waals surface area contributed by atoms with Crippen molar-refractivity contribution in [3.63, 3.8) is 0 Å². The van der Waals surface area contributed by atoms with E-state index in [0.717, 1.165) is 24.9 Å². The van der Waals surface area contributed by atoms with Crippen LogP contribution in [0.15, 0.2) is 59.7 Å². The number of carbonyl (C=O) groups is 1. The summed E-state index contributed by atoms with van der Waals surface area (Å²) in [6.45, 7) is 9.97. The van der Waals surface area contributed by atoms with Crippen molar-refractivity contribution in [2.75, 3.05) is 30.4 Å². The molecule has 0 radical (unpaired) electrons. The first kappa shape index (κ1) is 29.5. The Labute approximate surface area is 227 Å². The van der Waals surface area contributed by atoms with Crippen LogP contribution in [0, 0.1) is 0 Å². The van der Waals surface area contributed by atoms with Crippen LogP contribution in [0.3, 0.4) is 0 Å². The first-order valence-electron chi connectivity index (χ1n) is 13.1. The maximum atomic E-state index is 13.9. The maximum Gasteiger partial charge on any atom is 0.334 e. The molecule has 1 atom stereocenters. The number of nitrogens with zero attached hydrogens (tertiary/aromatic N) is 2. The number of unbranched alkanes of at least 4 members (excludes halogenated alkanes) is 1. The molecule has 0 aromatic heterocycles. The number of benzene rings is 2. The van der Waals surface area contributed by atoms with Gasteiger partial charge in [0, 0.05) is 32.4 Å². The number of sulfonamides is 1. The second-order valence-electron chi connectivity index (χ2n) is 10.9. The van der Waals surface area contributed by atoms with E-state index in [2.05, 4.69) is 16.5 Å². The molecule has 208 valence electrons. The molecule has 0 saturated carbocycles. The number of carbonyl (C=O) groups excluding carboxylic acids is 1. The highest BCUT2D eigenvalue weighted by atomic mass is 32.2. The van der Waals surface area contributed by atoms with E-state index in [1.54, 1.807) is 20.8 Å². The minimum Gasteiger partial charge on any atom is -0.462 e. The Bertz CT molecular complexity index is 1250. The summed E-state index contributed by atoms with van der Waals surface area (Å²) in [5, 5.41) is 0. The van der Waals surface area contributed by atoms with Crippen LogP contribution in [0.5, 0.6) is 5.75 Å². The lowest BCUT2D eigenvalue weighted by atomic mass is 9.89. The van der Waals surface area contributed by atoms with Gasteiger partial charge in [-0.05, 0) is 51.8 Å². The first-order valence-corrected chi connectivity index (χ1v) is 14.6. The molecule has 0 bridgehead atoms. The van der Waals surface area contributed by atoms with Crippen molar-refractivity contribution >= 4 is 33.1 Å². The Kier molecular flexibility index (Phi) is 9.15. The van der Waals surface area contributed by atoms with E-state index in [9.17, 15) is 13.2 Å². The molecule has 0 saturated heterocycles. The van der Waals surface area contributed by atoms with Gasteiger partial charge in [0.1, 0.15) is 10.5 Å². The van der Waals surface area contributed by atoms with E-state index in [1.165, 1.54) is 18.4 Å². The van der Waals surface area contributed by atoms with Crippen molar-refractivity contribution in [3.05, 3.63) is 54.8 Å². The Hall–Kier alpha value is -3.04. The lowest BCUT2D eigenvalue weighted by molar-refractivity contribution is -0.148. The van der Waals surface area contributed by atoms with Crippen LogP contribution in [0.2, 0.25) is 0 Å². The molecular formula is C29H41N3O5S. The highest BCUT2D eigenvalue weighted by molar-refractivity contribution is 7.89. The molecule has 3 rings (SSSR count). The molecule has 0 spiro atoms. The van der Waals surface area contributed by atoms with E-state index in [4.69, 9.17) is 9.47 Å². The van der Waals surface area contributed by atoms with Gasteiger partial charge in [-0.2, -0.15) is 0 Å². The van der Waals surface area contributed by atoms with Gasteiger partial charge in [-0.1, -0.05) is 44.9 Å². The van der Waals surface area contributed by atoms with Gasteiger partial charge in [0.05, 0.1) is 29.3 Å². The Morgan fingerprint density at radius 2 is 1.84 bits per heavy atom. The van der Waals surface area contributed by atoms with Crippen molar-refractivity contribution in [1.29, 1.82) is 0 Å². The third-order valence-electron chi connectivity index (χ3n) is 6.47. The fraction of sp³-hybridized carbons (Fsp3) is 0.483. The zero-order chi connectivity index (χ0) is 28.1. The lowest BCUT2D eigenvalue weighted by Gasteiger charge is -2.36. The number of esters is 1. The summed E-state index contributed by atoms with van der Waals surface area (Å²) in [4.78, 5) is 16.2. The third-order valence-corrected chi connectivity index (χ3v) is 8.08. The van der Waals surface area contributed by atoms with Crippen LogP contribution in [-0.4, -0.2) is 46.2 Å². The summed E-state index contributed by atoms with van der Waals surface area (Å²) in [5.74, 6) is -0.239. The summed E-state index contributed by atoms with van der Waals surface area (Å²) in [5.41, 5.74) is 0.878. The van der Waals surface area contributed by atoms with E-state index in [1.807, 2.05) is 62.3 Å². The van der Waals surface area contributed by atoms with Crippen LogP contribution in [0.25, 0.3) is 0 Å².